The Morgan fingerprint density at radius 3 is 2.59 bits per heavy atom. The molecule has 1 heterocycles. The Morgan fingerprint density at radius 1 is 1.17 bits per heavy atom. The number of anilines is 1. The summed E-state index contributed by atoms with van der Waals surface area (Å²) >= 11 is 3.45. The smallest absolute Gasteiger partial charge is 0.330 e. The summed E-state index contributed by atoms with van der Waals surface area (Å²) < 4.78 is 5.65. The number of hydrogen-bond donors (Lipinski definition) is 0. The number of halogens is 1. The Labute approximate surface area is 179 Å². The van der Waals surface area contributed by atoms with Gasteiger partial charge in [-0.25, -0.2) is 9.78 Å². The van der Waals surface area contributed by atoms with Gasteiger partial charge in [0.15, 0.2) is 0 Å². The summed E-state index contributed by atoms with van der Waals surface area (Å²) in [5.74, 6) is 0.327. The van der Waals surface area contributed by atoms with Crippen LogP contribution < -0.4 is 4.90 Å². The number of methoxy groups -OCH3 is 1. The number of amides is 1. The molecule has 5 nitrogen and oxygen atoms in total. The lowest BCUT2D eigenvalue weighted by atomic mass is 9.88. The number of rotatable bonds is 6. The highest BCUT2D eigenvalue weighted by molar-refractivity contribution is 9.10. The van der Waals surface area contributed by atoms with Gasteiger partial charge in [0.05, 0.1) is 13.7 Å². The van der Waals surface area contributed by atoms with E-state index in [4.69, 9.17) is 0 Å². The zero-order valence-corrected chi connectivity index (χ0v) is 18.1. The van der Waals surface area contributed by atoms with E-state index in [0.717, 1.165) is 41.3 Å². The average molecular weight is 457 g/mol. The van der Waals surface area contributed by atoms with Gasteiger partial charge >= 0.3 is 5.97 Å². The molecule has 152 valence electrons. The molecule has 0 unspecified atom stereocenters. The van der Waals surface area contributed by atoms with Gasteiger partial charge in [-0.3, -0.25) is 9.69 Å². The van der Waals surface area contributed by atoms with E-state index in [0.29, 0.717) is 12.4 Å². The molecule has 1 amide bonds. The standard InChI is InChI=1S/C23H25BrN2O3/c1-29-22(27)12-9-17-13-14-25-21(15-17)26(16-18-7-10-20(24)11-8-18)23(28)19-5-3-2-4-6-19/h7-15,19H,2-6,16H2,1H3/b12-9+. The first-order chi connectivity index (χ1) is 14.1. The normalized spacial score (nSPS) is 14.7. The van der Waals surface area contributed by atoms with Crippen LogP contribution >= 0.6 is 15.9 Å². The van der Waals surface area contributed by atoms with E-state index < -0.39 is 5.97 Å². The molecule has 1 saturated carbocycles. The minimum absolute atomic E-state index is 0.0373. The molecule has 0 radical (unpaired) electrons. The van der Waals surface area contributed by atoms with Crippen molar-refractivity contribution in [3.05, 3.63) is 64.3 Å². The van der Waals surface area contributed by atoms with Gasteiger partial charge < -0.3 is 4.74 Å². The molecular formula is C23H25BrN2O3. The first kappa shape index (κ1) is 21.2. The number of nitrogens with zero attached hydrogens (tertiary/aromatic N) is 2. The second kappa shape index (κ2) is 10.3. The van der Waals surface area contributed by atoms with Gasteiger partial charge in [0.2, 0.25) is 5.91 Å². The SMILES string of the molecule is COC(=O)/C=C/c1ccnc(N(Cc2ccc(Br)cc2)C(=O)C2CCCCC2)c1. The third kappa shape index (κ3) is 6.00. The number of esters is 1. The van der Waals surface area contributed by atoms with Gasteiger partial charge in [0.1, 0.15) is 5.82 Å². The van der Waals surface area contributed by atoms with Gasteiger partial charge in [-0.1, -0.05) is 47.3 Å². The minimum atomic E-state index is -0.423. The summed E-state index contributed by atoms with van der Waals surface area (Å²) in [6.07, 6.45) is 9.93. The predicted octanol–water partition coefficient (Wildman–Crippen LogP) is 5.14. The minimum Gasteiger partial charge on any atom is -0.466 e. The molecule has 0 bridgehead atoms. The Bertz CT molecular complexity index is 874. The van der Waals surface area contributed by atoms with Gasteiger partial charge in [-0.15, -0.1) is 0 Å². The first-order valence-corrected chi connectivity index (χ1v) is 10.6. The Kier molecular flexibility index (Phi) is 7.58. The van der Waals surface area contributed by atoms with Crippen LogP contribution in [0.2, 0.25) is 0 Å². The maximum absolute atomic E-state index is 13.4. The molecule has 0 atom stereocenters. The van der Waals surface area contributed by atoms with Crippen molar-refractivity contribution in [1.82, 2.24) is 4.98 Å². The Morgan fingerprint density at radius 2 is 1.90 bits per heavy atom. The van der Waals surface area contributed by atoms with E-state index >= 15 is 0 Å². The second-order valence-corrected chi connectivity index (χ2v) is 8.11. The Balaban J connectivity index is 1.89. The van der Waals surface area contributed by atoms with E-state index in [1.54, 1.807) is 23.2 Å². The maximum Gasteiger partial charge on any atom is 0.330 e. The van der Waals surface area contributed by atoms with Crippen LogP contribution in [0.4, 0.5) is 5.82 Å². The number of carbonyl (C=O) groups is 2. The number of carbonyl (C=O) groups excluding carboxylic acids is 2. The van der Waals surface area contributed by atoms with Crippen molar-refractivity contribution >= 4 is 39.7 Å². The first-order valence-electron chi connectivity index (χ1n) is 9.84. The van der Waals surface area contributed by atoms with Crippen molar-refractivity contribution in [3.63, 3.8) is 0 Å². The van der Waals surface area contributed by atoms with Crippen molar-refractivity contribution in [2.45, 2.75) is 38.6 Å². The highest BCUT2D eigenvalue weighted by Crippen LogP contribution is 2.28. The lowest BCUT2D eigenvalue weighted by molar-refractivity contribution is -0.134. The fourth-order valence-corrected chi connectivity index (χ4v) is 3.80. The van der Waals surface area contributed by atoms with Crippen LogP contribution in [-0.2, 0) is 20.9 Å². The van der Waals surface area contributed by atoms with Crippen molar-refractivity contribution in [2.24, 2.45) is 5.92 Å². The highest BCUT2D eigenvalue weighted by Gasteiger charge is 2.27. The molecule has 0 aliphatic heterocycles. The van der Waals surface area contributed by atoms with Crippen molar-refractivity contribution in [1.29, 1.82) is 0 Å². The van der Waals surface area contributed by atoms with E-state index in [1.165, 1.54) is 19.6 Å². The molecule has 3 rings (SSSR count). The largest absolute Gasteiger partial charge is 0.466 e. The van der Waals surface area contributed by atoms with Gasteiger partial charge in [0, 0.05) is 22.7 Å². The number of aromatic nitrogens is 1. The summed E-state index contributed by atoms with van der Waals surface area (Å²) in [4.78, 5) is 31.0. The third-order valence-electron chi connectivity index (χ3n) is 5.13. The molecular weight excluding hydrogens is 432 g/mol. The molecule has 0 spiro atoms. The van der Waals surface area contributed by atoms with Crippen LogP contribution in [0.1, 0.15) is 43.2 Å². The van der Waals surface area contributed by atoms with Crippen molar-refractivity contribution in [3.8, 4) is 0 Å². The van der Waals surface area contributed by atoms with Crippen LogP contribution in [0.5, 0.6) is 0 Å². The van der Waals surface area contributed by atoms with Crippen molar-refractivity contribution < 1.29 is 14.3 Å². The molecule has 1 aliphatic rings. The number of ether oxygens (including phenoxy) is 1. The molecule has 1 aliphatic carbocycles. The fourth-order valence-electron chi connectivity index (χ4n) is 3.53. The zero-order valence-electron chi connectivity index (χ0n) is 16.5. The van der Waals surface area contributed by atoms with Crippen LogP contribution in [-0.4, -0.2) is 24.0 Å². The van der Waals surface area contributed by atoms with Crippen molar-refractivity contribution in [2.75, 3.05) is 12.0 Å². The highest BCUT2D eigenvalue weighted by atomic mass is 79.9. The molecule has 1 aromatic heterocycles. The topological polar surface area (TPSA) is 59.5 Å². The second-order valence-electron chi connectivity index (χ2n) is 7.19. The van der Waals surface area contributed by atoms with Gasteiger partial charge in [0.25, 0.3) is 0 Å². The van der Waals surface area contributed by atoms with Crippen LogP contribution in [0, 0.1) is 5.92 Å². The zero-order chi connectivity index (χ0) is 20.6. The molecule has 1 fully saturated rings. The van der Waals surface area contributed by atoms with E-state index in [9.17, 15) is 9.59 Å². The van der Waals surface area contributed by atoms with Crippen LogP contribution in [0.15, 0.2) is 53.1 Å². The van der Waals surface area contributed by atoms with E-state index in [1.807, 2.05) is 30.3 Å². The lowest BCUT2D eigenvalue weighted by Gasteiger charge is -2.29. The third-order valence-corrected chi connectivity index (χ3v) is 5.66. The molecule has 0 saturated heterocycles. The van der Waals surface area contributed by atoms with Crippen LogP contribution in [0.25, 0.3) is 6.08 Å². The number of hydrogen-bond acceptors (Lipinski definition) is 4. The number of pyridine rings is 1. The monoisotopic (exact) mass is 456 g/mol. The molecule has 1 aromatic carbocycles. The quantitative estimate of drug-likeness (QED) is 0.445. The molecule has 6 heteroatoms. The maximum atomic E-state index is 13.4. The predicted molar refractivity (Wildman–Crippen MR) is 117 cm³/mol. The number of benzene rings is 1. The van der Waals surface area contributed by atoms with Crippen LogP contribution in [0.3, 0.4) is 0 Å². The van der Waals surface area contributed by atoms with Gasteiger partial charge in [-0.2, -0.15) is 0 Å². The van der Waals surface area contributed by atoms with Gasteiger partial charge in [-0.05, 0) is 54.3 Å². The Hall–Kier alpha value is -2.47. The summed E-state index contributed by atoms with van der Waals surface area (Å²) in [6, 6.07) is 11.6. The molecule has 0 N–H and O–H groups in total. The van der Waals surface area contributed by atoms with E-state index in [2.05, 4.69) is 25.7 Å². The average Bonchev–Trinajstić information content (AvgIpc) is 2.77. The summed E-state index contributed by atoms with van der Waals surface area (Å²) in [5.41, 5.74) is 1.83. The van der Waals surface area contributed by atoms with E-state index in [-0.39, 0.29) is 11.8 Å². The molecule has 2 aromatic rings. The summed E-state index contributed by atoms with van der Waals surface area (Å²) in [6.45, 7) is 0.458. The lowest BCUT2D eigenvalue weighted by Crippen LogP contribution is -2.37. The summed E-state index contributed by atoms with van der Waals surface area (Å²) in [7, 11) is 1.34. The molecule has 29 heavy (non-hydrogen) atoms. The fraction of sp³-hybridized carbons (Fsp3) is 0.348. The summed E-state index contributed by atoms with van der Waals surface area (Å²) in [5, 5.41) is 0.